The molecule has 4 heteroatoms. The maximum absolute atomic E-state index is 12.0. The van der Waals surface area contributed by atoms with Gasteiger partial charge in [0.05, 0.1) is 7.11 Å². The second-order valence-electron chi connectivity index (χ2n) is 6.62. The molecule has 0 unspecified atom stereocenters. The molecule has 3 aromatic carbocycles. The van der Waals surface area contributed by atoms with Crippen molar-refractivity contribution in [3.05, 3.63) is 88.3 Å². The molecule has 1 heterocycles. The van der Waals surface area contributed by atoms with Crippen LogP contribution in [0.5, 0.6) is 5.75 Å². The van der Waals surface area contributed by atoms with Crippen LogP contribution in [0.1, 0.15) is 24.1 Å². The van der Waals surface area contributed by atoms with E-state index in [-0.39, 0.29) is 11.7 Å². The van der Waals surface area contributed by atoms with Gasteiger partial charge in [0.25, 0.3) is 0 Å². The Kier molecular flexibility index (Phi) is 4.65. The molecule has 0 bridgehead atoms. The van der Waals surface area contributed by atoms with Crippen LogP contribution in [0.25, 0.3) is 21.7 Å². The molecule has 0 aliphatic rings. The van der Waals surface area contributed by atoms with E-state index in [0.29, 0.717) is 17.9 Å². The smallest absolute Gasteiger partial charge is 0.336 e. The number of benzene rings is 3. The Bertz CT molecular complexity index is 1160. The molecule has 0 aliphatic heterocycles. The minimum atomic E-state index is -0.356. The van der Waals surface area contributed by atoms with Gasteiger partial charge in [0, 0.05) is 30.1 Å². The highest BCUT2D eigenvalue weighted by Crippen LogP contribution is 2.26. The molecule has 0 saturated heterocycles. The largest absolute Gasteiger partial charge is 0.497 e. The van der Waals surface area contributed by atoms with Crippen molar-refractivity contribution < 1.29 is 9.15 Å². The summed E-state index contributed by atoms with van der Waals surface area (Å²) in [5.41, 5.74) is 2.33. The molecular formula is C23H21NO3. The number of methoxy groups -OCH3 is 1. The average molecular weight is 359 g/mol. The van der Waals surface area contributed by atoms with Gasteiger partial charge in [-0.25, -0.2) is 4.79 Å². The highest BCUT2D eigenvalue weighted by atomic mass is 16.5. The van der Waals surface area contributed by atoms with E-state index in [1.165, 1.54) is 16.3 Å². The van der Waals surface area contributed by atoms with Crippen molar-refractivity contribution in [2.24, 2.45) is 0 Å². The lowest BCUT2D eigenvalue weighted by atomic mass is 9.99. The molecule has 0 amide bonds. The van der Waals surface area contributed by atoms with Gasteiger partial charge in [0.15, 0.2) is 0 Å². The summed E-state index contributed by atoms with van der Waals surface area (Å²) in [5.74, 6) is 0.667. The monoisotopic (exact) mass is 359 g/mol. The first-order valence-corrected chi connectivity index (χ1v) is 8.97. The summed E-state index contributed by atoms with van der Waals surface area (Å²) in [7, 11) is 1.59. The van der Waals surface area contributed by atoms with Crippen LogP contribution in [0.3, 0.4) is 0 Å². The van der Waals surface area contributed by atoms with Gasteiger partial charge in [-0.05, 0) is 41.0 Å². The Morgan fingerprint density at radius 3 is 2.67 bits per heavy atom. The van der Waals surface area contributed by atoms with Crippen molar-refractivity contribution in [1.29, 1.82) is 0 Å². The summed E-state index contributed by atoms with van der Waals surface area (Å²) < 4.78 is 10.6. The van der Waals surface area contributed by atoms with Crippen LogP contribution in [0, 0.1) is 0 Å². The Morgan fingerprint density at radius 1 is 1.00 bits per heavy atom. The van der Waals surface area contributed by atoms with Crippen molar-refractivity contribution in [3.8, 4) is 5.75 Å². The first-order valence-electron chi connectivity index (χ1n) is 8.97. The van der Waals surface area contributed by atoms with Crippen LogP contribution in [0.2, 0.25) is 0 Å². The van der Waals surface area contributed by atoms with Crippen LogP contribution < -0.4 is 15.7 Å². The third-order valence-electron chi connectivity index (χ3n) is 4.93. The van der Waals surface area contributed by atoms with E-state index in [0.717, 1.165) is 10.9 Å². The fraction of sp³-hybridized carbons (Fsp3) is 0.174. The summed E-state index contributed by atoms with van der Waals surface area (Å²) in [6, 6.07) is 21.9. The van der Waals surface area contributed by atoms with Crippen molar-refractivity contribution in [1.82, 2.24) is 5.32 Å². The van der Waals surface area contributed by atoms with Crippen molar-refractivity contribution in [2.45, 2.75) is 19.5 Å². The van der Waals surface area contributed by atoms with Gasteiger partial charge < -0.3 is 14.5 Å². The van der Waals surface area contributed by atoms with Gasteiger partial charge in [0.2, 0.25) is 0 Å². The lowest BCUT2D eigenvalue weighted by Gasteiger charge is -2.17. The number of nitrogens with one attached hydrogen (secondary N) is 1. The highest BCUT2D eigenvalue weighted by molar-refractivity contribution is 5.86. The minimum Gasteiger partial charge on any atom is -0.497 e. The number of rotatable bonds is 5. The minimum absolute atomic E-state index is 0.136. The topological polar surface area (TPSA) is 51.5 Å². The zero-order valence-corrected chi connectivity index (χ0v) is 15.4. The summed E-state index contributed by atoms with van der Waals surface area (Å²) >= 11 is 0. The third-order valence-corrected chi connectivity index (χ3v) is 4.93. The molecule has 4 rings (SSSR count). The standard InChI is InChI=1S/C23H21NO3/c1-15(19-9-5-7-16-6-3-4-8-20(16)19)24-14-17-12-23(25)27-22-13-18(26-2)10-11-21(17)22/h3-13,15,24H,14H2,1-2H3/t15-/m0/s1. The van der Waals surface area contributed by atoms with Crippen molar-refractivity contribution in [3.63, 3.8) is 0 Å². The van der Waals surface area contributed by atoms with Gasteiger partial charge in [-0.1, -0.05) is 42.5 Å². The van der Waals surface area contributed by atoms with Gasteiger partial charge in [-0.15, -0.1) is 0 Å². The molecule has 0 spiro atoms. The SMILES string of the molecule is COc1ccc2c(CN[C@@H](C)c3cccc4ccccc34)cc(=O)oc2c1. The lowest BCUT2D eigenvalue weighted by Crippen LogP contribution is -2.19. The second kappa shape index (κ2) is 7.25. The quantitative estimate of drug-likeness (QED) is 0.520. The number of fused-ring (bicyclic) bond motifs is 2. The van der Waals surface area contributed by atoms with E-state index in [9.17, 15) is 4.79 Å². The first-order chi connectivity index (χ1) is 13.2. The van der Waals surface area contributed by atoms with E-state index in [2.05, 4.69) is 48.6 Å². The predicted octanol–water partition coefficient (Wildman–Crippen LogP) is 4.81. The van der Waals surface area contributed by atoms with Gasteiger partial charge in [-0.3, -0.25) is 0 Å². The Hall–Kier alpha value is -3.11. The van der Waals surface area contributed by atoms with Crippen LogP contribution in [0.15, 0.2) is 75.9 Å². The van der Waals surface area contributed by atoms with E-state index >= 15 is 0 Å². The lowest BCUT2D eigenvalue weighted by molar-refractivity contribution is 0.414. The number of ether oxygens (including phenoxy) is 1. The highest BCUT2D eigenvalue weighted by Gasteiger charge is 2.11. The second-order valence-corrected chi connectivity index (χ2v) is 6.62. The molecule has 1 N–H and O–H groups in total. The van der Waals surface area contributed by atoms with Crippen LogP contribution in [-0.2, 0) is 6.54 Å². The predicted molar refractivity (Wildman–Crippen MR) is 108 cm³/mol. The van der Waals surface area contributed by atoms with Gasteiger partial charge in [-0.2, -0.15) is 0 Å². The molecule has 4 aromatic rings. The fourth-order valence-electron chi connectivity index (χ4n) is 3.48. The summed E-state index contributed by atoms with van der Waals surface area (Å²) in [6.45, 7) is 2.71. The Balaban J connectivity index is 1.64. The zero-order chi connectivity index (χ0) is 18.8. The van der Waals surface area contributed by atoms with Crippen LogP contribution in [0.4, 0.5) is 0 Å². The summed E-state index contributed by atoms with van der Waals surface area (Å²) in [6.07, 6.45) is 0. The average Bonchev–Trinajstić information content (AvgIpc) is 2.70. The molecular weight excluding hydrogens is 338 g/mol. The molecule has 0 aliphatic carbocycles. The molecule has 136 valence electrons. The number of hydrogen-bond acceptors (Lipinski definition) is 4. The molecule has 0 saturated carbocycles. The molecule has 27 heavy (non-hydrogen) atoms. The molecule has 1 aromatic heterocycles. The first kappa shape index (κ1) is 17.3. The fourth-order valence-corrected chi connectivity index (χ4v) is 3.48. The maximum atomic E-state index is 12.0. The molecule has 0 radical (unpaired) electrons. The summed E-state index contributed by atoms with van der Waals surface area (Å²) in [4.78, 5) is 12.0. The van der Waals surface area contributed by atoms with Crippen molar-refractivity contribution >= 4 is 21.7 Å². The Labute approximate surface area is 157 Å². The molecule has 4 nitrogen and oxygen atoms in total. The van der Waals surface area contributed by atoms with Gasteiger partial charge in [0.1, 0.15) is 11.3 Å². The van der Waals surface area contributed by atoms with E-state index < -0.39 is 0 Å². The summed E-state index contributed by atoms with van der Waals surface area (Å²) in [5, 5.41) is 6.92. The van der Waals surface area contributed by atoms with Crippen LogP contribution in [-0.4, -0.2) is 7.11 Å². The van der Waals surface area contributed by atoms with Crippen LogP contribution >= 0.6 is 0 Å². The Morgan fingerprint density at radius 2 is 1.81 bits per heavy atom. The van der Waals surface area contributed by atoms with Gasteiger partial charge >= 0.3 is 5.63 Å². The van der Waals surface area contributed by atoms with Crippen molar-refractivity contribution in [2.75, 3.05) is 7.11 Å². The van der Waals surface area contributed by atoms with E-state index in [4.69, 9.17) is 9.15 Å². The van der Waals surface area contributed by atoms with E-state index in [1.54, 1.807) is 19.2 Å². The van der Waals surface area contributed by atoms with E-state index in [1.807, 2.05) is 18.2 Å². The maximum Gasteiger partial charge on any atom is 0.336 e. The zero-order valence-electron chi connectivity index (χ0n) is 15.4. The number of hydrogen-bond donors (Lipinski definition) is 1. The molecule has 0 fully saturated rings. The molecule has 1 atom stereocenters. The normalized spacial score (nSPS) is 12.4. The third kappa shape index (κ3) is 3.44.